The summed E-state index contributed by atoms with van der Waals surface area (Å²) in [5.41, 5.74) is 2.08. The summed E-state index contributed by atoms with van der Waals surface area (Å²) in [5, 5.41) is 5.64. The molecule has 6 heteroatoms. The molecule has 1 fully saturated rings. The van der Waals surface area contributed by atoms with E-state index < -0.39 is 0 Å². The highest BCUT2D eigenvalue weighted by atomic mass is 16.2. The maximum absolute atomic E-state index is 12.2. The fourth-order valence-electron chi connectivity index (χ4n) is 3.08. The van der Waals surface area contributed by atoms with Gasteiger partial charge in [0.25, 0.3) is 5.91 Å². The van der Waals surface area contributed by atoms with Crippen LogP contribution in [0.1, 0.15) is 36.5 Å². The molecule has 0 bridgehead atoms. The minimum Gasteiger partial charge on any atom is -0.349 e. The number of carbonyl (C=O) groups excluding carboxylic acids is 3. The molecule has 1 atom stereocenters. The number of rotatable bonds is 6. The van der Waals surface area contributed by atoms with Crippen LogP contribution >= 0.6 is 0 Å². The zero-order valence-corrected chi connectivity index (χ0v) is 15.3. The Labute approximate surface area is 158 Å². The summed E-state index contributed by atoms with van der Waals surface area (Å²) in [6.45, 7) is 2.53. The molecule has 0 aliphatic carbocycles. The summed E-state index contributed by atoms with van der Waals surface area (Å²) in [5.74, 6) is -0.244. The van der Waals surface area contributed by atoms with Crippen LogP contribution in [-0.4, -0.2) is 30.3 Å². The molecule has 1 heterocycles. The van der Waals surface area contributed by atoms with Crippen LogP contribution in [0, 0.1) is 0 Å². The maximum Gasteiger partial charge on any atom is 0.251 e. The first-order valence-corrected chi connectivity index (χ1v) is 9.09. The van der Waals surface area contributed by atoms with Gasteiger partial charge in [0.1, 0.15) is 0 Å². The molecule has 27 heavy (non-hydrogen) atoms. The van der Waals surface area contributed by atoms with Crippen LogP contribution in [0.25, 0.3) is 0 Å². The third kappa shape index (κ3) is 4.94. The van der Waals surface area contributed by atoms with Crippen molar-refractivity contribution < 1.29 is 14.4 Å². The lowest BCUT2D eigenvalue weighted by molar-refractivity contribution is -0.117. The van der Waals surface area contributed by atoms with Gasteiger partial charge in [-0.3, -0.25) is 14.4 Å². The number of nitrogens with zero attached hydrogens (tertiary/aromatic N) is 1. The number of anilines is 2. The topological polar surface area (TPSA) is 78.5 Å². The quantitative estimate of drug-likeness (QED) is 0.826. The van der Waals surface area contributed by atoms with Gasteiger partial charge in [-0.2, -0.15) is 0 Å². The lowest BCUT2D eigenvalue weighted by Crippen LogP contribution is -2.35. The number of benzene rings is 2. The Morgan fingerprint density at radius 3 is 2.41 bits per heavy atom. The fraction of sp³-hybridized carbons (Fsp3) is 0.286. The van der Waals surface area contributed by atoms with Crippen LogP contribution in [0.2, 0.25) is 0 Å². The Morgan fingerprint density at radius 2 is 1.78 bits per heavy atom. The second-order valence-electron chi connectivity index (χ2n) is 6.69. The zero-order chi connectivity index (χ0) is 19.2. The van der Waals surface area contributed by atoms with Crippen molar-refractivity contribution in [2.24, 2.45) is 0 Å². The summed E-state index contributed by atoms with van der Waals surface area (Å²) >= 11 is 0. The first-order chi connectivity index (χ1) is 13.0. The fourth-order valence-corrected chi connectivity index (χ4v) is 3.08. The average molecular weight is 365 g/mol. The van der Waals surface area contributed by atoms with Gasteiger partial charge >= 0.3 is 0 Å². The predicted octanol–water partition coefficient (Wildman–Crippen LogP) is 2.96. The van der Waals surface area contributed by atoms with Gasteiger partial charge in [0.05, 0.1) is 0 Å². The molecule has 0 spiro atoms. The molecule has 2 N–H and O–H groups in total. The van der Waals surface area contributed by atoms with Gasteiger partial charge in [0.2, 0.25) is 11.8 Å². The minimum atomic E-state index is -0.292. The highest BCUT2D eigenvalue weighted by Gasteiger charge is 2.21. The molecule has 1 aliphatic heterocycles. The van der Waals surface area contributed by atoms with Gasteiger partial charge in [0, 0.05) is 42.4 Å². The van der Waals surface area contributed by atoms with Gasteiger partial charge in [-0.1, -0.05) is 18.2 Å². The van der Waals surface area contributed by atoms with Gasteiger partial charge in [-0.05, 0) is 49.7 Å². The smallest absolute Gasteiger partial charge is 0.251 e. The maximum atomic E-state index is 12.2. The summed E-state index contributed by atoms with van der Waals surface area (Å²) in [6, 6.07) is 15.8. The van der Waals surface area contributed by atoms with Crippen LogP contribution in [0.3, 0.4) is 0 Å². The zero-order valence-electron chi connectivity index (χ0n) is 15.3. The molecule has 1 aliphatic rings. The van der Waals surface area contributed by atoms with Gasteiger partial charge in [-0.25, -0.2) is 0 Å². The first-order valence-electron chi connectivity index (χ1n) is 9.09. The molecule has 3 rings (SSSR count). The van der Waals surface area contributed by atoms with Crippen molar-refractivity contribution in [1.82, 2.24) is 5.32 Å². The van der Waals surface area contributed by atoms with Crippen molar-refractivity contribution in [3.8, 4) is 0 Å². The summed E-state index contributed by atoms with van der Waals surface area (Å²) in [4.78, 5) is 37.8. The van der Waals surface area contributed by atoms with Crippen molar-refractivity contribution in [2.75, 3.05) is 16.8 Å². The van der Waals surface area contributed by atoms with Gasteiger partial charge in [-0.15, -0.1) is 0 Å². The Balaban J connectivity index is 1.50. The van der Waals surface area contributed by atoms with E-state index in [4.69, 9.17) is 0 Å². The largest absolute Gasteiger partial charge is 0.349 e. The molecule has 140 valence electrons. The Hall–Kier alpha value is -3.15. The molecule has 2 aromatic carbocycles. The van der Waals surface area contributed by atoms with E-state index in [1.165, 1.54) is 0 Å². The third-order valence-electron chi connectivity index (χ3n) is 4.44. The monoisotopic (exact) mass is 365 g/mol. The van der Waals surface area contributed by atoms with E-state index in [-0.39, 0.29) is 30.2 Å². The van der Waals surface area contributed by atoms with E-state index in [0.29, 0.717) is 17.7 Å². The Morgan fingerprint density at radius 1 is 1.07 bits per heavy atom. The van der Waals surface area contributed by atoms with Crippen LogP contribution < -0.4 is 15.5 Å². The molecule has 0 radical (unpaired) electrons. The van der Waals surface area contributed by atoms with Gasteiger partial charge < -0.3 is 15.5 Å². The minimum absolute atomic E-state index is 0.134. The predicted molar refractivity (Wildman–Crippen MR) is 105 cm³/mol. The van der Waals surface area contributed by atoms with E-state index in [2.05, 4.69) is 10.6 Å². The standard InChI is InChI=1S/C21H23N3O3/c1-15(22-21(27)16-6-3-2-4-7-16)14-19(25)23-17-9-11-18(12-10-17)24-13-5-8-20(24)26/h2-4,6-7,9-12,15H,5,8,13-14H2,1H3,(H,22,27)(H,23,25). The number of hydrogen-bond donors (Lipinski definition) is 2. The summed E-state index contributed by atoms with van der Waals surface area (Å²) in [6.07, 6.45) is 1.64. The molecular formula is C21H23N3O3. The number of carbonyl (C=O) groups is 3. The van der Waals surface area contributed by atoms with Crippen LogP contribution in [0.15, 0.2) is 54.6 Å². The average Bonchev–Trinajstić information content (AvgIpc) is 3.08. The summed E-state index contributed by atoms with van der Waals surface area (Å²) < 4.78 is 0. The van der Waals surface area contributed by atoms with Gasteiger partial charge in [0.15, 0.2) is 0 Å². The van der Waals surface area contributed by atoms with Crippen LogP contribution in [0.5, 0.6) is 0 Å². The second kappa shape index (κ2) is 8.49. The van der Waals surface area contributed by atoms with Crippen molar-refractivity contribution in [3.63, 3.8) is 0 Å². The van der Waals surface area contributed by atoms with Crippen molar-refractivity contribution in [2.45, 2.75) is 32.2 Å². The molecule has 1 unspecified atom stereocenters. The summed E-state index contributed by atoms with van der Waals surface area (Å²) in [7, 11) is 0. The Bertz CT molecular complexity index is 818. The van der Waals surface area contributed by atoms with Crippen LogP contribution in [0.4, 0.5) is 11.4 Å². The molecule has 0 aromatic heterocycles. The van der Waals surface area contributed by atoms with E-state index in [9.17, 15) is 14.4 Å². The molecule has 6 nitrogen and oxygen atoms in total. The van der Waals surface area contributed by atoms with E-state index in [0.717, 1.165) is 18.7 Å². The number of hydrogen-bond acceptors (Lipinski definition) is 3. The Kier molecular flexibility index (Phi) is 5.86. The van der Waals surface area contributed by atoms with Crippen molar-refractivity contribution in [3.05, 3.63) is 60.2 Å². The molecule has 1 saturated heterocycles. The second-order valence-corrected chi connectivity index (χ2v) is 6.69. The lowest BCUT2D eigenvalue weighted by Gasteiger charge is -2.17. The molecule has 2 aromatic rings. The van der Waals surface area contributed by atoms with Crippen LogP contribution in [-0.2, 0) is 9.59 Å². The SMILES string of the molecule is CC(CC(=O)Nc1ccc(N2CCCC2=O)cc1)NC(=O)c1ccccc1. The molecule has 3 amide bonds. The van der Waals surface area contributed by atoms with Crippen molar-refractivity contribution in [1.29, 1.82) is 0 Å². The normalized spacial score (nSPS) is 14.7. The van der Waals surface area contributed by atoms with Crippen molar-refractivity contribution >= 4 is 29.1 Å². The van der Waals surface area contributed by atoms with E-state index in [1.807, 2.05) is 18.2 Å². The third-order valence-corrected chi connectivity index (χ3v) is 4.44. The number of amides is 3. The van der Waals surface area contributed by atoms with E-state index in [1.54, 1.807) is 48.2 Å². The highest BCUT2D eigenvalue weighted by Crippen LogP contribution is 2.23. The van der Waals surface area contributed by atoms with E-state index >= 15 is 0 Å². The number of nitrogens with one attached hydrogen (secondary N) is 2. The molecular weight excluding hydrogens is 342 g/mol. The lowest BCUT2D eigenvalue weighted by atomic mass is 10.1. The highest BCUT2D eigenvalue weighted by molar-refractivity contribution is 5.97. The molecule has 0 saturated carbocycles. The first kappa shape index (κ1) is 18.6.